The van der Waals surface area contributed by atoms with Crippen LogP contribution in [-0.4, -0.2) is 21.6 Å². The highest BCUT2D eigenvalue weighted by molar-refractivity contribution is 7.80. The lowest BCUT2D eigenvalue weighted by atomic mass is 10.2. The molecule has 5 heteroatoms. The van der Waals surface area contributed by atoms with Crippen LogP contribution in [0, 0.1) is 0 Å². The maximum absolute atomic E-state index is 4.65. The smallest absolute Gasteiger partial charge is 0.209 e. The Balaban J connectivity index is 2.28. The number of rotatable bonds is 3. The highest BCUT2D eigenvalue weighted by Gasteiger charge is 2.01. The van der Waals surface area contributed by atoms with Gasteiger partial charge < -0.3 is 0 Å². The van der Waals surface area contributed by atoms with Crippen molar-refractivity contribution in [1.29, 1.82) is 0 Å². The Kier molecular flexibility index (Phi) is 3.26. The van der Waals surface area contributed by atoms with Gasteiger partial charge in [-0.25, -0.2) is 9.98 Å². The van der Waals surface area contributed by atoms with Crippen LogP contribution in [0.25, 0.3) is 11.3 Å². The summed E-state index contributed by atoms with van der Waals surface area (Å²) in [7, 11) is 0. The standard InChI is InChI=1S/C10H7N3S2/c14-6-5-12-10-13-9(7-15-10)8-1-3-11-4-2-8/h1-7H. The summed E-state index contributed by atoms with van der Waals surface area (Å²) in [5, 5.41) is 4.14. The van der Waals surface area contributed by atoms with Crippen molar-refractivity contribution in [2.75, 3.05) is 0 Å². The van der Waals surface area contributed by atoms with Gasteiger partial charge in [-0.05, 0) is 12.1 Å². The first-order chi connectivity index (χ1) is 7.40. The van der Waals surface area contributed by atoms with E-state index in [2.05, 4.69) is 27.2 Å². The molecule has 2 aromatic rings. The molecule has 0 saturated heterocycles. The Labute approximate surface area is 96.6 Å². The lowest BCUT2D eigenvalue weighted by Crippen LogP contribution is -1.77. The summed E-state index contributed by atoms with van der Waals surface area (Å²) in [4.78, 5) is 12.4. The first kappa shape index (κ1) is 10.1. The van der Waals surface area contributed by atoms with Crippen molar-refractivity contribution < 1.29 is 0 Å². The van der Waals surface area contributed by atoms with Crippen molar-refractivity contribution in [3.63, 3.8) is 0 Å². The van der Waals surface area contributed by atoms with Crippen molar-refractivity contribution in [1.82, 2.24) is 9.97 Å². The molecule has 0 spiro atoms. The Morgan fingerprint density at radius 1 is 1.33 bits per heavy atom. The average molecular weight is 233 g/mol. The molecular formula is C10H7N3S2. The van der Waals surface area contributed by atoms with Gasteiger partial charge in [-0.15, -0.1) is 11.3 Å². The molecule has 0 atom stereocenters. The summed E-state index contributed by atoms with van der Waals surface area (Å²) in [6, 6.07) is 3.84. The fraction of sp³-hybridized carbons (Fsp3) is 0. The minimum Gasteiger partial charge on any atom is -0.265 e. The van der Waals surface area contributed by atoms with Crippen LogP contribution >= 0.6 is 23.6 Å². The summed E-state index contributed by atoms with van der Waals surface area (Å²) < 4.78 is 0. The van der Waals surface area contributed by atoms with Crippen LogP contribution in [0.5, 0.6) is 0 Å². The van der Waals surface area contributed by atoms with E-state index in [-0.39, 0.29) is 0 Å². The van der Waals surface area contributed by atoms with Crippen molar-refractivity contribution in [2.24, 2.45) is 4.99 Å². The molecule has 2 heterocycles. The number of aromatic nitrogens is 2. The average Bonchev–Trinajstić information content (AvgIpc) is 2.76. The predicted molar refractivity (Wildman–Crippen MR) is 67.2 cm³/mol. The lowest BCUT2D eigenvalue weighted by Gasteiger charge is -1.92. The molecule has 15 heavy (non-hydrogen) atoms. The molecule has 0 aromatic carbocycles. The molecule has 0 N–H and O–H groups in total. The van der Waals surface area contributed by atoms with Gasteiger partial charge in [0, 0.05) is 34.9 Å². The maximum atomic E-state index is 4.65. The van der Waals surface area contributed by atoms with Gasteiger partial charge in [0.25, 0.3) is 0 Å². The number of pyridine rings is 1. The summed E-state index contributed by atoms with van der Waals surface area (Å²) in [5.74, 6) is 0. The molecular weight excluding hydrogens is 226 g/mol. The molecule has 2 rings (SSSR count). The Morgan fingerprint density at radius 2 is 2.13 bits per heavy atom. The van der Waals surface area contributed by atoms with Gasteiger partial charge in [0.15, 0.2) is 0 Å². The molecule has 0 amide bonds. The quantitative estimate of drug-likeness (QED) is 0.604. The van der Waals surface area contributed by atoms with Gasteiger partial charge in [0.1, 0.15) is 0 Å². The van der Waals surface area contributed by atoms with Crippen LogP contribution in [0.3, 0.4) is 0 Å². The van der Waals surface area contributed by atoms with Crippen LogP contribution < -0.4 is 0 Å². The van der Waals surface area contributed by atoms with E-state index in [0.29, 0.717) is 5.13 Å². The fourth-order valence-electron chi connectivity index (χ4n) is 1.07. The highest BCUT2D eigenvalue weighted by Crippen LogP contribution is 2.25. The van der Waals surface area contributed by atoms with E-state index >= 15 is 0 Å². The van der Waals surface area contributed by atoms with E-state index in [4.69, 9.17) is 0 Å². The second-order valence-electron chi connectivity index (χ2n) is 2.67. The second-order valence-corrected chi connectivity index (χ2v) is 3.77. The van der Waals surface area contributed by atoms with Crippen molar-refractivity contribution >= 4 is 40.3 Å². The van der Waals surface area contributed by atoms with E-state index < -0.39 is 0 Å². The summed E-state index contributed by atoms with van der Waals surface area (Å²) in [6.45, 7) is 0. The number of nitrogens with zero attached hydrogens (tertiary/aromatic N) is 3. The molecule has 0 radical (unpaired) electrons. The van der Waals surface area contributed by atoms with E-state index in [0.717, 1.165) is 11.3 Å². The molecule has 0 aliphatic rings. The maximum Gasteiger partial charge on any atom is 0.209 e. The Morgan fingerprint density at radius 3 is 2.87 bits per heavy atom. The molecule has 3 nitrogen and oxygen atoms in total. The normalized spacial score (nSPS) is 10.7. The molecule has 0 fully saturated rings. The van der Waals surface area contributed by atoms with Crippen LogP contribution in [0.4, 0.5) is 5.13 Å². The Bertz CT molecular complexity index is 476. The van der Waals surface area contributed by atoms with Gasteiger partial charge in [0.2, 0.25) is 5.13 Å². The minimum atomic E-state index is 0.711. The van der Waals surface area contributed by atoms with E-state index in [1.54, 1.807) is 18.6 Å². The predicted octanol–water partition coefficient (Wildman–Crippen LogP) is 2.91. The van der Waals surface area contributed by atoms with E-state index in [1.165, 1.54) is 16.7 Å². The summed E-state index contributed by atoms with van der Waals surface area (Å²) >= 11 is 6.13. The van der Waals surface area contributed by atoms with Crippen LogP contribution in [0.15, 0.2) is 34.9 Å². The van der Waals surface area contributed by atoms with Crippen molar-refractivity contribution in [3.05, 3.63) is 29.9 Å². The molecule has 74 valence electrons. The summed E-state index contributed by atoms with van der Waals surface area (Å²) in [5.41, 5.74) is 1.96. The molecule has 0 aliphatic heterocycles. The van der Waals surface area contributed by atoms with Crippen molar-refractivity contribution in [2.45, 2.75) is 0 Å². The number of hydrogen-bond acceptors (Lipinski definition) is 5. The number of aliphatic imine (C=N–C) groups is 1. The zero-order chi connectivity index (χ0) is 10.5. The Hall–Kier alpha value is -1.46. The summed E-state index contributed by atoms with van der Waals surface area (Å²) in [6.07, 6.45) is 5.05. The molecule has 0 saturated carbocycles. The van der Waals surface area contributed by atoms with Crippen LogP contribution in [0.2, 0.25) is 0 Å². The highest BCUT2D eigenvalue weighted by atomic mass is 32.1. The number of hydrogen-bond donors (Lipinski definition) is 0. The van der Waals surface area contributed by atoms with E-state index in [9.17, 15) is 0 Å². The third kappa shape index (κ3) is 2.51. The van der Waals surface area contributed by atoms with E-state index in [1.807, 2.05) is 17.5 Å². The first-order valence-electron chi connectivity index (χ1n) is 4.24. The molecule has 0 bridgehead atoms. The largest absolute Gasteiger partial charge is 0.265 e. The molecule has 0 unspecified atom stereocenters. The minimum absolute atomic E-state index is 0.711. The van der Waals surface area contributed by atoms with Gasteiger partial charge in [-0.1, -0.05) is 12.2 Å². The SMILES string of the molecule is S=CC=Nc1nc(-c2ccncc2)cs1. The van der Waals surface area contributed by atoms with Crippen molar-refractivity contribution in [3.8, 4) is 11.3 Å². The molecule has 0 aliphatic carbocycles. The zero-order valence-electron chi connectivity index (χ0n) is 7.70. The van der Waals surface area contributed by atoms with Gasteiger partial charge >= 0.3 is 0 Å². The van der Waals surface area contributed by atoms with Gasteiger partial charge in [-0.2, -0.15) is 0 Å². The fourth-order valence-corrected chi connectivity index (χ4v) is 1.81. The zero-order valence-corrected chi connectivity index (χ0v) is 9.33. The second kappa shape index (κ2) is 4.86. The van der Waals surface area contributed by atoms with Gasteiger partial charge in [0.05, 0.1) is 5.69 Å². The van der Waals surface area contributed by atoms with Crippen LogP contribution in [0.1, 0.15) is 0 Å². The molecule has 2 aromatic heterocycles. The third-order valence-corrected chi connectivity index (χ3v) is 2.58. The topological polar surface area (TPSA) is 38.1 Å². The first-order valence-corrected chi connectivity index (χ1v) is 5.59. The van der Waals surface area contributed by atoms with Crippen LogP contribution in [-0.2, 0) is 0 Å². The number of thiocarbonyl (C=S) groups is 1. The monoisotopic (exact) mass is 233 g/mol. The number of thiazole rings is 1. The lowest BCUT2D eigenvalue weighted by molar-refractivity contribution is 1.31. The van der Waals surface area contributed by atoms with Gasteiger partial charge in [-0.3, -0.25) is 4.98 Å². The third-order valence-electron chi connectivity index (χ3n) is 1.71.